The van der Waals surface area contributed by atoms with E-state index < -0.39 is 6.04 Å². The number of carbonyl (C=O) groups excluding carboxylic acids is 2. The Morgan fingerprint density at radius 1 is 0.925 bits per heavy atom. The third kappa shape index (κ3) is 7.57. The Bertz CT molecular complexity index is 1480. The largest absolute Gasteiger partial charge is 0.483 e. The predicted molar refractivity (Wildman–Crippen MR) is 166 cm³/mol. The van der Waals surface area contributed by atoms with Crippen LogP contribution in [0.3, 0.4) is 0 Å². The molecule has 1 N–H and O–H groups in total. The minimum absolute atomic E-state index is 0.0440. The molecule has 0 aliphatic heterocycles. The quantitative estimate of drug-likeness (QED) is 0.181. The zero-order valence-corrected chi connectivity index (χ0v) is 25.5. The van der Waals surface area contributed by atoms with Gasteiger partial charge in [0.05, 0.1) is 14.5 Å². The molecule has 0 aliphatic carbocycles. The fourth-order valence-corrected chi connectivity index (χ4v) is 5.31. The summed E-state index contributed by atoms with van der Waals surface area (Å²) in [5.41, 5.74) is 1.70. The van der Waals surface area contributed by atoms with E-state index >= 15 is 0 Å². The maximum absolute atomic E-state index is 13.9. The van der Waals surface area contributed by atoms with Crippen LogP contribution < -0.4 is 10.1 Å². The fraction of sp³-hybridized carbons (Fsp3) is 0.250. The Morgan fingerprint density at radius 2 is 1.65 bits per heavy atom. The molecule has 0 saturated carbocycles. The number of fused-ring (bicyclic) bond motifs is 1. The number of rotatable bonds is 11. The number of carbonyl (C=O) groups is 2. The Hall–Kier alpha value is -3.06. The van der Waals surface area contributed by atoms with Gasteiger partial charge >= 0.3 is 0 Å². The molecule has 0 spiro atoms. The number of hydrogen-bond donors (Lipinski definition) is 1. The third-order valence-electron chi connectivity index (χ3n) is 6.79. The van der Waals surface area contributed by atoms with Crippen LogP contribution in [-0.2, 0) is 22.6 Å². The lowest BCUT2D eigenvalue weighted by Gasteiger charge is -2.32. The van der Waals surface area contributed by atoms with Crippen molar-refractivity contribution in [2.45, 2.75) is 45.3 Å². The molecular weight excluding hydrogens is 611 g/mol. The van der Waals surface area contributed by atoms with Crippen molar-refractivity contribution in [3.8, 4) is 5.75 Å². The summed E-state index contributed by atoms with van der Waals surface area (Å²) < 4.78 is 6.80. The van der Waals surface area contributed by atoms with Gasteiger partial charge in [-0.25, -0.2) is 0 Å². The number of ether oxygens (including phenoxy) is 1. The average molecular weight is 642 g/mol. The molecule has 208 valence electrons. The van der Waals surface area contributed by atoms with Crippen LogP contribution in [0.5, 0.6) is 5.75 Å². The zero-order chi connectivity index (χ0) is 28.6. The van der Waals surface area contributed by atoms with Crippen LogP contribution in [0.4, 0.5) is 0 Å². The second-order valence-electron chi connectivity index (χ2n) is 9.68. The molecule has 40 heavy (non-hydrogen) atoms. The first-order valence-electron chi connectivity index (χ1n) is 13.1. The van der Waals surface area contributed by atoms with Crippen LogP contribution in [0.2, 0.25) is 10.0 Å². The summed E-state index contributed by atoms with van der Waals surface area (Å²) in [6, 6.07) is 25.8. The molecule has 8 heteroatoms. The second-order valence-corrected chi connectivity index (χ2v) is 11.3. The third-order valence-corrected chi connectivity index (χ3v) is 8.35. The summed E-state index contributed by atoms with van der Waals surface area (Å²) in [6.07, 6.45) is 1.11. The summed E-state index contributed by atoms with van der Waals surface area (Å²) in [5, 5.41) is 5.90. The number of halogens is 3. The van der Waals surface area contributed by atoms with Gasteiger partial charge < -0.3 is 15.0 Å². The van der Waals surface area contributed by atoms with E-state index in [1.54, 1.807) is 23.1 Å². The summed E-state index contributed by atoms with van der Waals surface area (Å²) >= 11 is 16.1. The summed E-state index contributed by atoms with van der Waals surface area (Å²) in [4.78, 5) is 29.1. The van der Waals surface area contributed by atoms with Crippen molar-refractivity contribution in [1.82, 2.24) is 10.2 Å². The van der Waals surface area contributed by atoms with E-state index in [1.807, 2.05) is 80.6 Å². The first kappa shape index (κ1) is 29.9. The van der Waals surface area contributed by atoms with E-state index in [1.165, 1.54) is 0 Å². The molecule has 5 nitrogen and oxygen atoms in total. The molecule has 0 unspecified atom stereocenters. The molecule has 0 aliphatic rings. The Kier molecular flexibility index (Phi) is 10.5. The van der Waals surface area contributed by atoms with Crippen LogP contribution in [0.1, 0.15) is 31.4 Å². The van der Waals surface area contributed by atoms with E-state index in [4.69, 9.17) is 27.9 Å². The van der Waals surface area contributed by atoms with Crippen molar-refractivity contribution in [1.29, 1.82) is 0 Å². The molecule has 2 atom stereocenters. The Morgan fingerprint density at radius 3 is 2.38 bits per heavy atom. The molecule has 4 aromatic carbocycles. The van der Waals surface area contributed by atoms with Gasteiger partial charge in [-0.3, -0.25) is 9.59 Å². The molecule has 2 amide bonds. The maximum Gasteiger partial charge on any atom is 0.261 e. The molecule has 4 rings (SSSR count). The van der Waals surface area contributed by atoms with E-state index in [2.05, 4.69) is 21.2 Å². The highest BCUT2D eigenvalue weighted by Crippen LogP contribution is 2.33. The highest BCUT2D eigenvalue weighted by molar-refractivity contribution is 9.10. The standard InChI is InChI=1S/C32H31BrCl2N2O3/c1-3-21(2)36-32(39)28(18-22-9-5-4-6-10-22)37(19-23-13-15-26(34)27(35)17-23)30(38)20-40-29-16-14-24-11-7-8-12-25(24)31(29)33/h4-17,21,28H,3,18-20H2,1-2H3,(H,36,39)/t21-,28-/m0/s1. The first-order chi connectivity index (χ1) is 19.3. The predicted octanol–water partition coefficient (Wildman–Crippen LogP) is 7.84. The van der Waals surface area contributed by atoms with Crippen LogP contribution in [0.15, 0.2) is 89.4 Å². The minimum Gasteiger partial charge on any atom is -0.483 e. The molecule has 4 aromatic rings. The van der Waals surface area contributed by atoms with E-state index in [0.29, 0.717) is 22.2 Å². The number of benzene rings is 4. The van der Waals surface area contributed by atoms with E-state index in [9.17, 15) is 9.59 Å². The Labute approximate surface area is 253 Å². The highest BCUT2D eigenvalue weighted by atomic mass is 79.9. The van der Waals surface area contributed by atoms with Crippen molar-refractivity contribution in [2.24, 2.45) is 0 Å². The van der Waals surface area contributed by atoms with Crippen LogP contribution >= 0.6 is 39.1 Å². The molecule has 0 heterocycles. The molecule has 0 bridgehead atoms. The van der Waals surface area contributed by atoms with Crippen molar-refractivity contribution in [2.75, 3.05) is 6.61 Å². The monoisotopic (exact) mass is 640 g/mol. The van der Waals surface area contributed by atoms with Crippen LogP contribution in [0, 0.1) is 0 Å². The summed E-state index contributed by atoms with van der Waals surface area (Å²) in [7, 11) is 0. The normalized spacial score (nSPS) is 12.5. The van der Waals surface area contributed by atoms with Gasteiger partial charge in [0.2, 0.25) is 5.91 Å². The number of nitrogens with one attached hydrogen (secondary N) is 1. The van der Waals surface area contributed by atoms with Gasteiger partial charge in [-0.05, 0) is 69.4 Å². The van der Waals surface area contributed by atoms with Crippen LogP contribution in [-0.4, -0.2) is 35.4 Å². The lowest BCUT2D eigenvalue weighted by atomic mass is 10.0. The van der Waals surface area contributed by atoms with Crippen molar-refractivity contribution < 1.29 is 14.3 Å². The van der Waals surface area contributed by atoms with Gasteiger partial charge in [-0.2, -0.15) is 0 Å². The SMILES string of the molecule is CC[C@H](C)NC(=O)[C@H](Cc1ccccc1)N(Cc1ccc(Cl)c(Cl)c1)C(=O)COc1ccc2ccccc2c1Br. The van der Waals surface area contributed by atoms with Gasteiger partial charge in [-0.1, -0.05) is 96.9 Å². The van der Waals surface area contributed by atoms with E-state index in [-0.39, 0.29) is 31.0 Å². The van der Waals surface area contributed by atoms with Gasteiger partial charge in [0.15, 0.2) is 6.61 Å². The molecular formula is C32H31BrCl2N2O3. The lowest BCUT2D eigenvalue weighted by Crippen LogP contribution is -2.53. The first-order valence-corrected chi connectivity index (χ1v) is 14.7. The Balaban J connectivity index is 1.66. The summed E-state index contributed by atoms with van der Waals surface area (Å²) in [5.74, 6) is -0.00457. The van der Waals surface area contributed by atoms with Gasteiger partial charge in [0.1, 0.15) is 11.8 Å². The fourth-order valence-electron chi connectivity index (χ4n) is 4.38. The molecule has 0 fully saturated rings. The average Bonchev–Trinajstić information content (AvgIpc) is 2.96. The van der Waals surface area contributed by atoms with Crippen molar-refractivity contribution in [3.63, 3.8) is 0 Å². The topological polar surface area (TPSA) is 58.6 Å². The highest BCUT2D eigenvalue weighted by Gasteiger charge is 2.31. The minimum atomic E-state index is -0.776. The summed E-state index contributed by atoms with van der Waals surface area (Å²) in [6.45, 7) is 3.86. The molecule has 0 saturated heterocycles. The van der Waals surface area contributed by atoms with Crippen molar-refractivity contribution in [3.05, 3.63) is 111 Å². The van der Waals surface area contributed by atoms with Gasteiger partial charge in [0.25, 0.3) is 5.91 Å². The van der Waals surface area contributed by atoms with E-state index in [0.717, 1.165) is 32.8 Å². The maximum atomic E-state index is 13.9. The number of amides is 2. The zero-order valence-electron chi connectivity index (χ0n) is 22.4. The number of nitrogens with zero attached hydrogens (tertiary/aromatic N) is 1. The number of hydrogen-bond acceptors (Lipinski definition) is 3. The van der Waals surface area contributed by atoms with Gasteiger partial charge in [0, 0.05) is 19.0 Å². The second kappa shape index (κ2) is 14.0. The smallest absolute Gasteiger partial charge is 0.261 e. The molecule has 0 radical (unpaired) electrons. The molecule has 0 aromatic heterocycles. The van der Waals surface area contributed by atoms with Gasteiger partial charge in [-0.15, -0.1) is 0 Å². The lowest BCUT2D eigenvalue weighted by molar-refractivity contribution is -0.143. The van der Waals surface area contributed by atoms with Crippen molar-refractivity contribution >= 4 is 61.7 Å². The van der Waals surface area contributed by atoms with Crippen LogP contribution in [0.25, 0.3) is 10.8 Å².